The lowest BCUT2D eigenvalue weighted by Crippen LogP contribution is -2.48. The van der Waals surface area contributed by atoms with Crippen LogP contribution in [-0.2, 0) is 11.2 Å². The van der Waals surface area contributed by atoms with Gasteiger partial charge in [-0.05, 0) is 55.6 Å². The number of nitrogens with one attached hydrogen (secondary N) is 1. The van der Waals surface area contributed by atoms with E-state index in [2.05, 4.69) is 5.32 Å². The van der Waals surface area contributed by atoms with Gasteiger partial charge in [0.15, 0.2) is 5.60 Å². The summed E-state index contributed by atoms with van der Waals surface area (Å²) in [6.07, 6.45) is 3.12. The van der Waals surface area contributed by atoms with Crippen molar-refractivity contribution in [2.75, 3.05) is 19.7 Å². The van der Waals surface area contributed by atoms with E-state index in [-0.39, 0.29) is 19.0 Å². The molecule has 0 saturated heterocycles. The maximum absolute atomic E-state index is 12.1. The number of ether oxygens (including phenoxy) is 2. The number of hydrogen-bond donors (Lipinski definition) is 3. The van der Waals surface area contributed by atoms with Crippen molar-refractivity contribution in [3.63, 3.8) is 0 Å². The van der Waals surface area contributed by atoms with Crippen LogP contribution in [0, 0.1) is 0 Å². The summed E-state index contributed by atoms with van der Waals surface area (Å²) >= 11 is 0. The highest BCUT2D eigenvalue weighted by Gasteiger charge is 2.37. The minimum absolute atomic E-state index is 0. The Morgan fingerprint density at radius 3 is 2.22 bits per heavy atom. The van der Waals surface area contributed by atoms with Gasteiger partial charge in [0.25, 0.3) is 5.91 Å². The number of rotatable bonds is 15. The summed E-state index contributed by atoms with van der Waals surface area (Å²) in [7, 11) is 0. The summed E-state index contributed by atoms with van der Waals surface area (Å²) in [5, 5.41) is 13.3. The number of halogens is 1. The average molecular weight is 465 g/mol. The van der Waals surface area contributed by atoms with Gasteiger partial charge in [-0.15, -0.1) is 12.4 Å². The monoisotopic (exact) mass is 464 g/mol. The molecule has 1 unspecified atom stereocenters. The highest BCUT2D eigenvalue weighted by molar-refractivity contribution is 5.85. The van der Waals surface area contributed by atoms with Gasteiger partial charge in [0.05, 0.1) is 0 Å². The molecule has 1 amide bonds. The summed E-state index contributed by atoms with van der Waals surface area (Å²) in [6, 6.07) is 17.2. The number of carbonyl (C=O) groups is 1. The fourth-order valence-corrected chi connectivity index (χ4v) is 3.55. The van der Waals surface area contributed by atoms with E-state index in [9.17, 15) is 9.90 Å². The van der Waals surface area contributed by atoms with Crippen LogP contribution in [0.15, 0.2) is 54.6 Å². The van der Waals surface area contributed by atoms with E-state index >= 15 is 0 Å². The molecule has 1 atom stereocenters. The van der Waals surface area contributed by atoms with E-state index in [1.165, 1.54) is 0 Å². The molecule has 0 fully saturated rings. The van der Waals surface area contributed by atoms with Crippen molar-refractivity contribution in [2.24, 2.45) is 5.73 Å². The van der Waals surface area contributed by atoms with Crippen molar-refractivity contribution < 1.29 is 19.4 Å². The van der Waals surface area contributed by atoms with Crippen LogP contribution in [0.4, 0.5) is 0 Å². The molecule has 32 heavy (non-hydrogen) atoms. The van der Waals surface area contributed by atoms with Gasteiger partial charge in [-0.25, -0.2) is 0 Å². The molecule has 2 aromatic carbocycles. The molecule has 0 aromatic heterocycles. The van der Waals surface area contributed by atoms with Crippen molar-refractivity contribution in [1.29, 1.82) is 0 Å². The molecule has 0 aliphatic carbocycles. The molecule has 178 valence electrons. The zero-order valence-corrected chi connectivity index (χ0v) is 19.9. The summed E-state index contributed by atoms with van der Waals surface area (Å²) in [4.78, 5) is 12.1. The third-order valence-electron chi connectivity index (χ3n) is 5.15. The van der Waals surface area contributed by atoms with Crippen LogP contribution < -0.4 is 20.5 Å². The lowest BCUT2D eigenvalue weighted by Gasteiger charge is -2.31. The van der Waals surface area contributed by atoms with Crippen molar-refractivity contribution in [3.8, 4) is 11.5 Å². The predicted molar refractivity (Wildman–Crippen MR) is 131 cm³/mol. The van der Waals surface area contributed by atoms with E-state index in [0.717, 1.165) is 37.1 Å². The Balaban J connectivity index is 0.00000512. The van der Waals surface area contributed by atoms with Gasteiger partial charge in [-0.3, -0.25) is 4.79 Å². The summed E-state index contributed by atoms with van der Waals surface area (Å²) in [5.41, 5.74) is 5.88. The molecular formula is C25H37ClN2O4. The van der Waals surface area contributed by atoms with Crippen LogP contribution >= 0.6 is 12.4 Å². The second kappa shape index (κ2) is 14.7. The van der Waals surface area contributed by atoms with Gasteiger partial charge >= 0.3 is 0 Å². The number of benzene rings is 2. The number of aliphatic hydroxyl groups is 1. The van der Waals surface area contributed by atoms with Gasteiger partial charge in [0.2, 0.25) is 0 Å². The van der Waals surface area contributed by atoms with E-state index in [1.807, 2.05) is 68.4 Å². The molecule has 0 saturated carbocycles. The fraction of sp³-hybridized carbons (Fsp3) is 0.480. The smallest absolute Gasteiger partial charge is 0.261 e. The number of para-hydroxylation sites is 1. The van der Waals surface area contributed by atoms with Gasteiger partial charge < -0.3 is 25.6 Å². The Bertz CT molecular complexity index is 765. The first-order valence-electron chi connectivity index (χ1n) is 11.1. The van der Waals surface area contributed by atoms with Crippen molar-refractivity contribution in [2.45, 2.75) is 57.7 Å². The number of primary amides is 1. The van der Waals surface area contributed by atoms with E-state index < -0.39 is 17.6 Å². The Kier molecular flexibility index (Phi) is 12.8. The quantitative estimate of drug-likeness (QED) is 0.348. The molecular weight excluding hydrogens is 428 g/mol. The van der Waals surface area contributed by atoms with E-state index in [1.54, 1.807) is 0 Å². The zero-order valence-electron chi connectivity index (χ0n) is 19.1. The molecule has 7 heteroatoms. The van der Waals surface area contributed by atoms with E-state index in [4.69, 9.17) is 15.2 Å². The van der Waals surface area contributed by atoms with Crippen LogP contribution in [0.5, 0.6) is 11.5 Å². The maximum atomic E-state index is 12.1. The largest absolute Gasteiger partial charge is 0.491 e. The second-order valence-corrected chi connectivity index (χ2v) is 7.84. The number of hydrogen-bond acceptors (Lipinski definition) is 5. The number of nitrogens with two attached hydrogens (primary N) is 1. The first-order valence-corrected chi connectivity index (χ1v) is 11.1. The maximum Gasteiger partial charge on any atom is 0.261 e. The van der Waals surface area contributed by atoms with Crippen molar-refractivity contribution in [3.05, 3.63) is 60.2 Å². The van der Waals surface area contributed by atoms with Crippen LogP contribution in [0.2, 0.25) is 0 Å². The standard InChI is InChI=1S/C25H36N2O4.ClH/c1-3-15-25(16-4-2,24(26)29)31-23-12-10-20(11-13-23)14-17-27-18-21(28)19-30-22-8-6-5-7-9-22;/h5-13,21,27-28H,3-4,14-19H2,1-2H3,(H2,26,29);1H. The van der Waals surface area contributed by atoms with Gasteiger partial charge in [0.1, 0.15) is 24.2 Å². The van der Waals surface area contributed by atoms with Crippen LogP contribution in [0.1, 0.15) is 45.1 Å². The first kappa shape index (κ1) is 27.8. The minimum Gasteiger partial charge on any atom is -0.491 e. The SMILES string of the molecule is CCCC(CCC)(Oc1ccc(CCNCC(O)COc2ccccc2)cc1)C(N)=O.Cl. The summed E-state index contributed by atoms with van der Waals surface area (Å²) in [6.45, 7) is 5.50. The molecule has 6 nitrogen and oxygen atoms in total. The molecule has 0 heterocycles. The van der Waals surface area contributed by atoms with Gasteiger partial charge in [0, 0.05) is 6.54 Å². The third-order valence-corrected chi connectivity index (χ3v) is 5.15. The molecule has 4 N–H and O–H groups in total. The summed E-state index contributed by atoms with van der Waals surface area (Å²) in [5.74, 6) is 1.01. The lowest BCUT2D eigenvalue weighted by molar-refractivity contribution is -0.134. The second-order valence-electron chi connectivity index (χ2n) is 7.84. The lowest BCUT2D eigenvalue weighted by atomic mass is 9.91. The number of amides is 1. The van der Waals surface area contributed by atoms with Gasteiger partial charge in [-0.1, -0.05) is 57.0 Å². The van der Waals surface area contributed by atoms with Crippen LogP contribution in [0.25, 0.3) is 0 Å². The van der Waals surface area contributed by atoms with Crippen molar-refractivity contribution in [1.82, 2.24) is 5.32 Å². The average Bonchev–Trinajstić information content (AvgIpc) is 2.77. The van der Waals surface area contributed by atoms with Crippen LogP contribution in [-0.4, -0.2) is 42.4 Å². The molecule has 0 bridgehead atoms. The predicted octanol–water partition coefficient (Wildman–Crippen LogP) is 3.88. The Labute approximate surface area is 197 Å². The zero-order chi connectivity index (χ0) is 22.5. The molecule has 2 aromatic rings. The van der Waals surface area contributed by atoms with Crippen LogP contribution in [0.3, 0.4) is 0 Å². The Hall–Kier alpha value is -2.28. The van der Waals surface area contributed by atoms with E-state index in [0.29, 0.717) is 25.1 Å². The Morgan fingerprint density at radius 2 is 1.66 bits per heavy atom. The normalized spacial score (nSPS) is 12.0. The highest BCUT2D eigenvalue weighted by Crippen LogP contribution is 2.27. The first-order chi connectivity index (χ1) is 15.0. The minimum atomic E-state index is -0.940. The fourth-order valence-electron chi connectivity index (χ4n) is 3.55. The summed E-state index contributed by atoms with van der Waals surface area (Å²) < 4.78 is 11.6. The Morgan fingerprint density at radius 1 is 1.03 bits per heavy atom. The number of carbonyl (C=O) groups excluding carboxylic acids is 1. The molecule has 2 rings (SSSR count). The molecule has 0 spiro atoms. The van der Waals surface area contributed by atoms with Gasteiger partial charge in [-0.2, -0.15) is 0 Å². The van der Waals surface area contributed by atoms with Crippen molar-refractivity contribution >= 4 is 18.3 Å². The topological polar surface area (TPSA) is 93.8 Å². The third kappa shape index (κ3) is 9.07. The number of aliphatic hydroxyl groups excluding tert-OH is 1. The molecule has 0 aliphatic rings. The molecule has 0 radical (unpaired) electrons. The molecule has 0 aliphatic heterocycles. The highest BCUT2D eigenvalue weighted by atomic mass is 35.5.